The first-order valence-electron chi connectivity index (χ1n) is 5.87. The Kier molecular flexibility index (Phi) is 5.61. The van der Waals surface area contributed by atoms with Crippen molar-refractivity contribution in [3.05, 3.63) is 0 Å². The number of nitrogens with one attached hydrogen (secondary N) is 2. The number of thioether (sulfide) groups is 1. The van der Waals surface area contributed by atoms with E-state index in [0.29, 0.717) is 6.54 Å². The molecule has 17 heavy (non-hydrogen) atoms. The molecule has 0 aromatic carbocycles. The van der Waals surface area contributed by atoms with Crippen LogP contribution in [-0.4, -0.2) is 41.2 Å². The highest BCUT2D eigenvalue weighted by atomic mass is 32.2. The third-order valence-corrected chi connectivity index (χ3v) is 4.59. The van der Waals surface area contributed by atoms with E-state index in [1.54, 1.807) is 11.8 Å². The Balaban J connectivity index is 2.31. The highest BCUT2D eigenvalue weighted by Gasteiger charge is 2.31. The van der Waals surface area contributed by atoms with Gasteiger partial charge in [-0.2, -0.15) is 11.8 Å². The van der Waals surface area contributed by atoms with E-state index in [4.69, 9.17) is 5.11 Å². The molecule has 3 N–H and O–H groups in total. The highest BCUT2D eigenvalue weighted by molar-refractivity contribution is 8.00. The van der Waals surface area contributed by atoms with Gasteiger partial charge in [0.2, 0.25) is 0 Å². The maximum atomic E-state index is 11.4. The predicted octanol–water partition coefficient (Wildman–Crippen LogP) is 1.44. The van der Waals surface area contributed by atoms with E-state index >= 15 is 0 Å². The number of amides is 2. The molecule has 6 heteroatoms. The number of aliphatic carboxylic acids is 1. The highest BCUT2D eigenvalue weighted by Crippen LogP contribution is 2.37. The number of carboxylic acid groups (broad SMARTS) is 1. The van der Waals surface area contributed by atoms with Gasteiger partial charge in [0.25, 0.3) is 0 Å². The molecule has 0 atom stereocenters. The van der Waals surface area contributed by atoms with Gasteiger partial charge in [0.05, 0.1) is 0 Å². The lowest BCUT2D eigenvalue weighted by Gasteiger charge is -2.35. The lowest BCUT2D eigenvalue weighted by molar-refractivity contribution is -0.135. The van der Waals surface area contributed by atoms with Crippen molar-refractivity contribution < 1.29 is 14.7 Å². The van der Waals surface area contributed by atoms with Gasteiger partial charge in [-0.1, -0.05) is 19.3 Å². The topological polar surface area (TPSA) is 78.4 Å². The fourth-order valence-corrected chi connectivity index (χ4v) is 3.02. The van der Waals surface area contributed by atoms with Gasteiger partial charge in [0.15, 0.2) is 0 Å². The first-order valence-corrected chi connectivity index (χ1v) is 7.09. The molecule has 1 fully saturated rings. The Morgan fingerprint density at radius 2 is 1.88 bits per heavy atom. The van der Waals surface area contributed by atoms with Crippen molar-refractivity contribution in [1.29, 1.82) is 0 Å². The minimum absolute atomic E-state index is 0.138. The summed E-state index contributed by atoms with van der Waals surface area (Å²) in [5.41, 5.74) is 0. The summed E-state index contributed by atoms with van der Waals surface area (Å²) in [6.45, 7) is 0.276. The number of carbonyl (C=O) groups excluding carboxylic acids is 1. The summed E-state index contributed by atoms with van der Waals surface area (Å²) in [7, 11) is 0. The van der Waals surface area contributed by atoms with Crippen LogP contribution in [0.25, 0.3) is 0 Å². The van der Waals surface area contributed by atoms with Gasteiger partial charge in [0, 0.05) is 11.3 Å². The Bertz CT molecular complexity index is 278. The molecule has 0 aromatic rings. The number of hydrogen-bond acceptors (Lipinski definition) is 3. The molecule has 1 saturated carbocycles. The summed E-state index contributed by atoms with van der Waals surface area (Å²) < 4.78 is 0.138. The Morgan fingerprint density at radius 3 is 2.41 bits per heavy atom. The van der Waals surface area contributed by atoms with Gasteiger partial charge in [0.1, 0.15) is 6.54 Å². The average Bonchev–Trinajstić information content (AvgIpc) is 2.35. The Morgan fingerprint density at radius 1 is 1.24 bits per heavy atom. The van der Waals surface area contributed by atoms with Gasteiger partial charge in [-0.3, -0.25) is 4.79 Å². The first kappa shape index (κ1) is 14.2. The summed E-state index contributed by atoms with van der Waals surface area (Å²) in [4.78, 5) is 21.6. The third-order valence-electron chi connectivity index (χ3n) is 3.17. The fourth-order valence-electron chi connectivity index (χ4n) is 2.11. The molecule has 0 unspecified atom stereocenters. The van der Waals surface area contributed by atoms with Crippen molar-refractivity contribution in [2.45, 2.75) is 36.9 Å². The van der Waals surface area contributed by atoms with E-state index in [-0.39, 0.29) is 11.3 Å². The maximum Gasteiger partial charge on any atom is 0.323 e. The fraction of sp³-hybridized carbons (Fsp3) is 0.818. The minimum atomic E-state index is -1.03. The van der Waals surface area contributed by atoms with Crippen LogP contribution in [0, 0.1) is 0 Å². The normalized spacial score (nSPS) is 18.4. The van der Waals surface area contributed by atoms with Crippen LogP contribution in [-0.2, 0) is 4.79 Å². The quantitative estimate of drug-likeness (QED) is 0.699. The Hall–Kier alpha value is -0.910. The van der Waals surface area contributed by atoms with E-state index in [0.717, 1.165) is 12.8 Å². The number of carbonyl (C=O) groups is 2. The number of hydrogen-bond donors (Lipinski definition) is 3. The zero-order chi connectivity index (χ0) is 12.7. The van der Waals surface area contributed by atoms with Crippen LogP contribution < -0.4 is 10.6 Å². The van der Waals surface area contributed by atoms with Gasteiger partial charge < -0.3 is 15.7 Å². The lowest BCUT2D eigenvalue weighted by atomic mass is 9.88. The van der Waals surface area contributed by atoms with Crippen molar-refractivity contribution in [3.63, 3.8) is 0 Å². The van der Waals surface area contributed by atoms with Crippen molar-refractivity contribution >= 4 is 23.8 Å². The summed E-state index contributed by atoms with van der Waals surface area (Å²) in [6.07, 6.45) is 7.99. The smallest absolute Gasteiger partial charge is 0.323 e. The predicted molar refractivity (Wildman–Crippen MR) is 68.4 cm³/mol. The molecule has 0 radical (unpaired) electrons. The summed E-state index contributed by atoms with van der Waals surface area (Å²) in [5.74, 6) is -1.03. The molecular weight excluding hydrogens is 240 g/mol. The summed E-state index contributed by atoms with van der Waals surface area (Å²) in [6, 6.07) is -0.397. The standard InChI is InChI=1S/C11H20N2O3S/c1-17-11(5-3-2-4-6-11)8-13-10(16)12-7-9(14)15/h2-8H2,1H3,(H,14,15)(H2,12,13,16). The van der Waals surface area contributed by atoms with Gasteiger partial charge >= 0.3 is 12.0 Å². The van der Waals surface area contributed by atoms with Crippen LogP contribution in [0.2, 0.25) is 0 Å². The van der Waals surface area contributed by atoms with E-state index in [1.165, 1.54) is 19.3 Å². The van der Waals surface area contributed by atoms with Crippen LogP contribution in [0.5, 0.6) is 0 Å². The molecular formula is C11H20N2O3S. The molecule has 1 aliphatic rings. The molecule has 0 aliphatic heterocycles. The first-order chi connectivity index (χ1) is 8.08. The largest absolute Gasteiger partial charge is 0.480 e. The molecule has 2 amide bonds. The Labute approximate surface area is 106 Å². The molecule has 0 bridgehead atoms. The number of urea groups is 1. The van der Waals surface area contributed by atoms with Crippen LogP contribution >= 0.6 is 11.8 Å². The molecule has 0 spiro atoms. The minimum Gasteiger partial charge on any atom is -0.480 e. The van der Waals surface area contributed by atoms with Crippen LogP contribution in [0.3, 0.4) is 0 Å². The molecule has 0 heterocycles. The average molecular weight is 260 g/mol. The second-order valence-corrected chi connectivity index (χ2v) is 5.65. The molecule has 1 aliphatic carbocycles. The van der Waals surface area contributed by atoms with Crippen LogP contribution in [0.4, 0.5) is 4.79 Å². The van der Waals surface area contributed by atoms with Crippen LogP contribution in [0.1, 0.15) is 32.1 Å². The lowest BCUT2D eigenvalue weighted by Crippen LogP contribution is -2.46. The molecule has 0 saturated heterocycles. The van der Waals surface area contributed by atoms with Crippen LogP contribution in [0.15, 0.2) is 0 Å². The van der Waals surface area contributed by atoms with Crippen molar-refractivity contribution in [2.24, 2.45) is 0 Å². The van der Waals surface area contributed by atoms with Crippen molar-refractivity contribution in [1.82, 2.24) is 10.6 Å². The monoisotopic (exact) mass is 260 g/mol. The van der Waals surface area contributed by atoms with Crippen molar-refractivity contribution in [3.8, 4) is 0 Å². The number of rotatable bonds is 5. The third kappa shape index (κ3) is 4.85. The van der Waals surface area contributed by atoms with E-state index in [2.05, 4.69) is 16.9 Å². The van der Waals surface area contributed by atoms with Crippen molar-refractivity contribution in [2.75, 3.05) is 19.3 Å². The molecule has 1 rings (SSSR count). The zero-order valence-electron chi connectivity index (χ0n) is 10.1. The second-order valence-electron chi connectivity index (χ2n) is 4.38. The van der Waals surface area contributed by atoms with Gasteiger partial charge in [-0.25, -0.2) is 4.79 Å². The molecule has 0 aromatic heterocycles. The maximum absolute atomic E-state index is 11.4. The number of carboxylic acids is 1. The summed E-state index contributed by atoms with van der Waals surface area (Å²) >= 11 is 1.80. The zero-order valence-corrected chi connectivity index (χ0v) is 10.9. The van der Waals surface area contributed by atoms with E-state index in [1.807, 2.05) is 0 Å². The second kappa shape index (κ2) is 6.74. The molecule has 98 valence electrons. The van der Waals surface area contributed by atoms with Gasteiger partial charge in [-0.05, 0) is 19.1 Å². The molecule has 5 nitrogen and oxygen atoms in total. The summed E-state index contributed by atoms with van der Waals surface area (Å²) in [5, 5.41) is 13.5. The van der Waals surface area contributed by atoms with E-state index < -0.39 is 12.0 Å². The SMILES string of the molecule is CSC1(CNC(=O)NCC(=O)O)CCCCC1. The van der Waals surface area contributed by atoms with E-state index in [9.17, 15) is 9.59 Å². The van der Waals surface area contributed by atoms with Gasteiger partial charge in [-0.15, -0.1) is 0 Å².